The maximum atomic E-state index is 5.63. The second kappa shape index (κ2) is 4.02. The van der Waals surface area contributed by atoms with Crippen molar-refractivity contribution in [1.82, 2.24) is 15.0 Å². The minimum atomic E-state index is 0.386. The summed E-state index contributed by atoms with van der Waals surface area (Å²) in [6, 6.07) is 1.92. The van der Waals surface area contributed by atoms with E-state index in [1.54, 1.807) is 18.6 Å². The van der Waals surface area contributed by atoms with Gasteiger partial charge in [-0.3, -0.25) is 9.97 Å². The highest BCUT2D eigenvalue weighted by Gasteiger charge is 2.00. The van der Waals surface area contributed by atoms with Crippen LogP contribution in [0.25, 0.3) is 11.3 Å². The Morgan fingerprint density at radius 1 is 1.07 bits per heavy atom. The summed E-state index contributed by atoms with van der Waals surface area (Å²) in [4.78, 5) is 12.1. The maximum Gasteiger partial charge on any atom is 0.147 e. The molecule has 0 saturated carbocycles. The van der Waals surface area contributed by atoms with Crippen LogP contribution in [0.5, 0.6) is 0 Å². The van der Waals surface area contributed by atoms with Gasteiger partial charge in [0.2, 0.25) is 0 Å². The average Bonchev–Trinajstić information content (AvgIpc) is 2.19. The monoisotopic (exact) mass is 269 g/mol. The van der Waals surface area contributed by atoms with E-state index < -0.39 is 0 Å². The molecule has 0 aliphatic heterocycles. The lowest BCUT2D eigenvalue weighted by molar-refractivity contribution is 1.19. The molecule has 2 aromatic rings. The van der Waals surface area contributed by atoms with Crippen molar-refractivity contribution in [2.45, 2.75) is 0 Å². The van der Waals surface area contributed by atoms with Crippen LogP contribution in [0, 0.1) is 0 Å². The summed E-state index contributed by atoms with van der Waals surface area (Å²) in [7, 11) is 0. The second-order valence-corrected chi connectivity index (χ2v) is 3.92. The van der Waals surface area contributed by atoms with Gasteiger partial charge in [-0.2, -0.15) is 0 Å². The van der Waals surface area contributed by atoms with E-state index in [1.807, 2.05) is 6.07 Å². The summed E-state index contributed by atoms with van der Waals surface area (Å²) in [6.07, 6.45) is 6.57. The van der Waals surface area contributed by atoms with Gasteiger partial charge in [-0.1, -0.05) is 11.6 Å². The number of hydrogen-bond donors (Lipinski definition) is 0. The Balaban J connectivity index is 2.44. The van der Waals surface area contributed by atoms with Gasteiger partial charge in [-0.25, -0.2) is 4.98 Å². The van der Waals surface area contributed by atoms with Crippen LogP contribution >= 0.6 is 27.5 Å². The van der Waals surface area contributed by atoms with Crippen LogP contribution < -0.4 is 0 Å². The molecule has 0 radical (unpaired) electrons. The highest BCUT2D eigenvalue weighted by molar-refractivity contribution is 9.10. The number of aromatic nitrogens is 3. The van der Waals surface area contributed by atoms with Crippen LogP contribution in [0.3, 0.4) is 0 Å². The average molecular weight is 271 g/mol. The third kappa shape index (κ3) is 2.08. The van der Waals surface area contributed by atoms with Gasteiger partial charge in [0.15, 0.2) is 0 Å². The summed E-state index contributed by atoms with van der Waals surface area (Å²) >= 11 is 8.97. The molecule has 0 spiro atoms. The third-order valence-electron chi connectivity index (χ3n) is 1.62. The van der Waals surface area contributed by atoms with Crippen molar-refractivity contribution in [2.24, 2.45) is 0 Å². The molecule has 14 heavy (non-hydrogen) atoms. The molecule has 2 rings (SSSR count). The minimum Gasteiger partial charge on any atom is -0.263 e. The van der Waals surface area contributed by atoms with E-state index in [9.17, 15) is 0 Å². The molecule has 0 N–H and O–H groups in total. The number of hydrogen-bond acceptors (Lipinski definition) is 3. The van der Waals surface area contributed by atoms with Gasteiger partial charge in [-0.15, -0.1) is 0 Å². The molecule has 0 saturated heterocycles. The summed E-state index contributed by atoms with van der Waals surface area (Å²) in [6.45, 7) is 0. The molecule has 2 heterocycles. The molecule has 0 aromatic carbocycles. The van der Waals surface area contributed by atoms with Crippen molar-refractivity contribution in [3.05, 3.63) is 40.5 Å². The van der Waals surface area contributed by atoms with Crippen molar-refractivity contribution in [3.8, 4) is 11.3 Å². The lowest BCUT2D eigenvalue weighted by Crippen LogP contribution is -1.86. The van der Waals surface area contributed by atoms with Crippen LogP contribution in [0.2, 0.25) is 5.15 Å². The van der Waals surface area contributed by atoms with E-state index in [1.165, 1.54) is 6.20 Å². The Kier molecular flexibility index (Phi) is 2.74. The first-order chi connectivity index (χ1) is 6.75. The molecular weight excluding hydrogens is 265 g/mol. The molecule has 0 bridgehead atoms. The van der Waals surface area contributed by atoms with E-state index in [2.05, 4.69) is 30.9 Å². The zero-order valence-electron chi connectivity index (χ0n) is 6.98. The summed E-state index contributed by atoms with van der Waals surface area (Å²) in [5.41, 5.74) is 1.66. The zero-order chi connectivity index (χ0) is 9.97. The highest BCUT2D eigenvalue weighted by atomic mass is 79.9. The standard InChI is InChI=1S/C9H5BrClN3/c10-7-1-6(2-12-3-7)8-4-14-9(11)5-13-8/h1-5H. The number of nitrogens with zero attached hydrogens (tertiary/aromatic N) is 3. The molecule has 0 aliphatic carbocycles. The molecular formula is C9H5BrClN3. The van der Waals surface area contributed by atoms with Crippen molar-refractivity contribution in [2.75, 3.05) is 0 Å². The number of halogens is 2. The van der Waals surface area contributed by atoms with Crippen LogP contribution in [0.1, 0.15) is 0 Å². The lowest BCUT2D eigenvalue weighted by Gasteiger charge is -1.99. The van der Waals surface area contributed by atoms with Crippen LogP contribution in [0.15, 0.2) is 35.3 Å². The van der Waals surface area contributed by atoms with Gasteiger partial charge in [-0.05, 0) is 22.0 Å². The predicted molar refractivity (Wildman–Crippen MR) is 58.0 cm³/mol. The third-order valence-corrected chi connectivity index (χ3v) is 2.25. The Morgan fingerprint density at radius 2 is 1.93 bits per heavy atom. The first kappa shape index (κ1) is 9.55. The predicted octanol–water partition coefficient (Wildman–Crippen LogP) is 2.95. The smallest absolute Gasteiger partial charge is 0.147 e. The minimum absolute atomic E-state index is 0.386. The second-order valence-electron chi connectivity index (χ2n) is 2.62. The molecule has 0 unspecified atom stereocenters. The number of pyridine rings is 1. The van der Waals surface area contributed by atoms with Gasteiger partial charge in [0.05, 0.1) is 18.1 Å². The Hall–Kier alpha value is -1.00. The fraction of sp³-hybridized carbons (Fsp3) is 0. The molecule has 0 atom stereocenters. The molecule has 0 aliphatic rings. The molecule has 3 nitrogen and oxygen atoms in total. The molecule has 70 valence electrons. The first-order valence-corrected chi connectivity index (χ1v) is 5.01. The van der Waals surface area contributed by atoms with Crippen LogP contribution in [0.4, 0.5) is 0 Å². The van der Waals surface area contributed by atoms with E-state index >= 15 is 0 Å². The molecule has 0 fully saturated rings. The summed E-state index contributed by atoms with van der Waals surface area (Å²) in [5, 5.41) is 0.386. The molecule has 2 aromatic heterocycles. The van der Waals surface area contributed by atoms with Gasteiger partial charge in [0.25, 0.3) is 0 Å². The van der Waals surface area contributed by atoms with Crippen molar-refractivity contribution >= 4 is 27.5 Å². The Labute approximate surface area is 94.3 Å². The first-order valence-electron chi connectivity index (χ1n) is 3.84. The van der Waals surface area contributed by atoms with Crippen molar-refractivity contribution in [1.29, 1.82) is 0 Å². The fourth-order valence-electron chi connectivity index (χ4n) is 1.01. The Morgan fingerprint density at radius 3 is 2.57 bits per heavy atom. The maximum absolute atomic E-state index is 5.63. The van der Waals surface area contributed by atoms with Crippen LogP contribution in [-0.2, 0) is 0 Å². The fourth-order valence-corrected chi connectivity index (χ4v) is 1.48. The SMILES string of the molecule is Clc1cnc(-c2cncc(Br)c2)cn1. The van der Waals surface area contributed by atoms with E-state index in [4.69, 9.17) is 11.6 Å². The van der Waals surface area contributed by atoms with Crippen molar-refractivity contribution in [3.63, 3.8) is 0 Å². The lowest BCUT2D eigenvalue weighted by atomic mass is 10.2. The highest BCUT2D eigenvalue weighted by Crippen LogP contribution is 2.19. The van der Waals surface area contributed by atoms with E-state index in [0.29, 0.717) is 5.15 Å². The summed E-state index contributed by atoms with van der Waals surface area (Å²) in [5.74, 6) is 0. The summed E-state index contributed by atoms with van der Waals surface area (Å²) < 4.78 is 0.909. The van der Waals surface area contributed by atoms with Gasteiger partial charge in [0, 0.05) is 22.4 Å². The largest absolute Gasteiger partial charge is 0.263 e. The van der Waals surface area contributed by atoms with E-state index in [-0.39, 0.29) is 0 Å². The van der Waals surface area contributed by atoms with Gasteiger partial charge < -0.3 is 0 Å². The molecule has 0 amide bonds. The van der Waals surface area contributed by atoms with Crippen LogP contribution in [-0.4, -0.2) is 15.0 Å². The van der Waals surface area contributed by atoms with E-state index in [0.717, 1.165) is 15.7 Å². The Bertz CT molecular complexity index is 444. The van der Waals surface area contributed by atoms with Crippen molar-refractivity contribution < 1.29 is 0 Å². The zero-order valence-corrected chi connectivity index (χ0v) is 9.33. The topological polar surface area (TPSA) is 38.7 Å². The van der Waals surface area contributed by atoms with Gasteiger partial charge >= 0.3 is 0 Å². The van der Waals surface area contributed by atoms with Gasteiger partial charge in [0.1, 0.15) is 5.15 Å². The normalized spacial score (nSPS) is 10.1. The number of rotatable bonds is 1. The quantitative estimate of drug-likeness (QED) is 0.800. The molecule has 5 heteroatoms.